The highest BCUT2D eigenvalue weighted by Crippen LogP contribution is 2.17. The molecule has 3 nitrogen and oxygen atoms in total. The van der Waals surface area contributed by atoms with Crippen molar-refractivity contribution in [2.75, 3.05) is 0 Å². The molecule has 0 amide bonds. The molecule has 0 fully saturated rings. The highest BCUT2D eigenvalue weighted by atomic mass is 79.9. The van der Waals surface area contributed by atoms with Crippen molar-refractivity contribution in [3.63, 3.8) is 0 Å². The summed E-state index contributed by atoms with van der Waals surface area (Å²) in [5.74, 6) is 0.463. The van der Waals surface area contributed by atoms with Gasteiger partial charge in [0.1, 0.15) is 0 Å². The maximum absolute atomic E-state index is 11.7. The number of imidazole rings is 1. The molecule has 1 aromatic heterocycles. The first-order chi connectivity index (χ1) is 7.08. The smallest absolute Gasteiger partial charge is 0.305 e. The molecule has 0 aliphatic heterocycles. The molecular formula is C11H13BrN2O. The number of benzene rings is 1. The average Bonchev–Trinajstić information content (AvgIpc) is 2.41. The van der Waals surface area contributed by atoms with E-state index in [0.717, 1.165) is 22.1 Å². The van der Waals surface area contributed by atoms with Crippen LogP contribution < -0.4 is 5.69 Å². The van der Waals surface area contributed by atoms with Crippen LogP contribution in [0.1, 0.15) is 13.8 Å². The lowest BCUT2D eigenvalue weighted by Gasteiger charge is -2.05. The first kappa shape index (κ1) is 10.5. The molecule has 2 rings (SSSR count). The van der Waals surface area contributed by atoms with Crippen molar-refractivity contribution < 1.29 is 0 Å². The molecule has 0 saturated heterocycles. The lowest BCUT2D eigenvalue weighted by atomic mass is 10.2. The Morgan fingerprint density at radius 1 is 1.47 bits per heavy atom. The van der Waals surface area contributed by atoms with Crippen molar-refractivity contribution in [1.82, 2.24) is 9.55 Å². The van der Waals surface area contributed by atoms with E-state index in [1.165, 1.54) is 0 Å². The number of aromatic amines is 1. The molecular weight excluding hydrogens is 256 g/mol. The van der Waals surface area contributed by atoms with Crippen LogP contribution in [0.15, 0.2) is 27.5 Å². The average molecular weight is 269 g/mol. The second-order valence-corrected chi connectivity index (χ2v) is 5.01. The van der Waals surface area contributed by atoms with Crippen LogP contribution in [0.3, 0.4) is 0 Å². The Hall–Kier alpha value is -1.03. The first-order valence-corrected chi connectivity index (χ1v) is 5.75. The van der Waals surface area contributed by atoms with Gasteiger partial charge in [0.2, 0.25) is 0 Å². The topological polar surface area (TPSA) is 37.8 Å². The van der Waals surface area contributed by atoms with Gasteiger partial charge in [0.05, 0.1) is 11.0 Å². The zero-order chi connectivity index (χ0) is 11.0. The monoisotopic (exact) mass is 268 g/mol. The van der Waals surface area contributed by atoms with E-state index in [9.17, 15) is 4.79 Å². The third-order valence-corrected chi connectivity index (χ3v) is 2.78. The molecule has 0 aliphatic rings. The minimum absolute atomic E-state index is 0.0307. The zero-order valence-electron chi connectivity index (χ0n) is 8.75. The number of aromatic nitrogens is 2. The standard InChI is InChI=1S/C11H13BrN2O/c1-7(2)6-14-10-4-3-8(12)5-9(10)13-11(14)15/h3-5,7H,6H2,1-2H3,(H,13,15). The van der Waals surface area contributed by atoms with E-state index in [0.29, 0.717) is 5.92 Å². The molecule has 0 unspecified atom stereocenters. The minimum Gasteiger partial charge on any atom is -0.305 e. The Balaban J connectivity index is 2.63. The molecule has 2 aromatic rings. The minimum atomic E-state index is -0.0307. The summed E-state index contributed by atoms with van der Waals surface area (Å²) in [6.45, 7) is 4.95. The molecule has 0 aliphatic carbocycles. The fourth-order valence-electron chi connectivity index (χ4n) is 1.68. The fraction of sp³-hybridized carbons (Fsp3) is 0.364. The second kappa shape index (κ2) is 3.85. The van der Waals surface area contributed by atoms with Crippen LogP contribution in [0.2, 0.25) is 0 Å². The molecule has 80 valence electrons. The van der Waals surface area contributed by atoms with Gasteiger partial charge in [-0.1, -0.05) is 29.8 Å². The van der Waals surface area contributed by atoms with Gasteiger partial charge in [-0.2, -0.15) is 0 Å². The maximum atomic E-state index is 11.7. The lowest BCUT2D eigenvalue weighted by Crippen LogP contribution is -2.19. The molecule has 0 atom stereocenters. The van der Waals surface area contributed by atoms with Gasteiger partial charge in [0, 0.05) is 11.0 Å². The van der Waals surface area contributed by atoms with Gasteiger partial charge >= 0.3 is 5.69 Å². The van der Waals surface area contributed by atoms with Gasteiger partial charge in [0.15, 0.2) is 0 Å². The zero-order valence-corrected chi connectivity index (χ0v) is 10.3. The maximum Gasteiger partial charge on any atom is 0.326 e. The van der Waals surface area contributed by atoms with E-state index in [2.05, 4.69) is 34.8 Å². The summed E-state index contributed by atoms with van der Waals surface area (Å²) in [4.78, 5) is 14.5. The summed E-state index contributed by atoms with van der Waals surface area (Å²) < 4.78 is 2.76. The first-order valence-electron chi connectivity index (χ1n) is 4.96. The van der Waals surface area contributed by atoms with Crippen LogP contribution in [0.4, 0.5) is 0 Å². The van der Waals surface area contributed by atoms with Crippen LogP contribution in [-0.2, 0) is 6.54 Å². The van der Waals surface area contributed by atoms with Crippen molar-refractivity contribution in [2.24, 2.45) is 5.92 Å². The number of H-pyrrole nitrogens is 1. The van der Waals surface area contributed by atoms with Crippen molar-refractivity contribution >= 4 is 27.0 Å². The molecule has 1 heterocycles. The van der Waals surface area contributed by atoms with E-state index in [1.54, 1.807) is 4.57 Å². The van der Waals surface area contributed by atoms with Crippen LogP contribution in [0.5, 0.6) is 0 Å². The number of hydrogen-bond acceptors (Lipinski definition) is 1. The van der Waals surface area contributed by atoms with Gasteiger partial charge in [0.25, 0.3) is 0 Å². The van der Waals surface area contributed by atoms with E-state index < -0.39 is 0 Å². The van der Waals surface area contributed by atoms with E-state index in [4.69, 9.17) is 0 Å². The van der Waals surface area contributed by atoms with Crippen molar-refractivity contribution in [2.45, 2.75) is 20.4 Å². The Morgan fingerprint density at radius 2 is 2.20 bits per heavy atom. The summed E-state index contributed by atoms with van der Waals surface area (Å²) in [7, 11) is 0. The predicted octanol–water partition coefficient (Wildman–Crippen LogP) is 2.75. The van der Waals surface area contributed by atoms with Crippen LogP contribution in [0.25, 0.3) is 11.0 Å². The third kappa shape index (κ3) is 2.00. The summed E-state index contributed by atoms with van der Waals surface area (Å²) in [6, 6.07) is 5.83. The second-order valence-electron chi connectivity index (χ2n) is 4.10. The van der Waals surface area contributed by atoms with Crippen LogP contribution >= 0.6 is 15.9 Å². The number of halogens is 1. The number of fused-ring (bicyclic) bond motifs is 1. The number of rotatable bonds is 2. The molecule has 0 spiro atoms. The molecule has 1 N–H and O–H groups in total. The Bertz CT molecular complexity index is 539. The number of nitrogens with one attached hydrogen (secondary N) is 1. The molecule has 4 heteroatoms. The predicted molar refractivity (Wildman–Crippen MR) is 65.1 cm³/mol. The van der Waals surface area contributed by atoms with E-state index >= 15 is 0 Å². The van der Waals surface area contributed by atoms with Crippen LogP contribution in [0, 0.1) is 5.92 Å². The van der Waals surface area contributed by atoms with E-state index in [-0.39, 0.29) is 5.69 Å². The number of nitrogens with zero attached hydrogens (tertiary/aromatic N) is 1. The van der Waals surface area contributed by atoms with Crippen molar-refractivity contribution in [1.29, 1.82) is 0 Å². The molecule has 0 bridgehead atoms. The largest absolute Gasteiger partial charge is 0.326 e. The molecule has 1 aromatic carbocycles. The Labute approximate surface area is 96.2 Å². The summed E-state index contributed by atoms with van der Waals surface area (Å²) >= 11 is 3.39. The lowest BCUT2D eigenvalue weighted by molar-refractivity contribution is 0.522. The van der Waals surface area contributed by atoms with Crippen molar-refractivity contribution in [3.05, 3.63) is 33.2 Å². The van der Waals surface area contributed by atoms with Crippen molar-refractivity contribution in [3.8, 4) is 0 Å². The summed E-state index contributed by atoms with van der Waals surface area (Å²) in [5, 5.41) is 0. The Morgan fingerprint density at radius 3 is 2.87 bits per heavy atom. The third-order valence-electron chi connectivity index (χ3n) is 2.28. The fourth-order valence-corrected chi connectivity index (χ4v) is 2.04. The highest BCUT2D eigenvalue weighted by Gasteiger charge is 2.07. The Kier molecular flexibility index (Phi) is 2.69. The van der Waals surface area contributed by atoms with Gasteiger partial charge in [-0.15, -0.1) is 0 Å². The molecule has 0 saturated carbocycles. The van der Waals surface area contributed by atoms with Gasteiger partial charge in [-0.05, 0) is 24.1 Å². The molecule has 15 heavy (non-hydrogen) atoms. The summed E-state index contributed by atoms with van der Waals surface area (Å²) in [6.07, 6.45) is 0. The van der Waals surface area contributed by atoms with Crippen LogP contribution in [-0.4, -0.2) is 9.55 Å². The normalized spacial score (nSPS) is 11.5. The van der Waals surface area contributed by atoms with Gasteiger partial charge in [-0.25, -0.2) is 4.79 Å². The number of hydrogen-bond donors (Lipinski definition) is 1. The SMILES string of the molecule is CC(C)Cn1c(=O)[nH]c2cc(Br)ccc21. The molecule has 0 radical (unpaired) electrons. The highest BCUT2D eigenvalue weighted by molar-refractivity contribution is 9.10. The summed E-state index contributed by atoms with van der Waals surface area (Å²) in [5.41, 5.74) is 1.82. The van der Waals surface area contributed by atoms with Gasteiger partial charge in [-0.3, -0.25) is 4.57 Å². The quantitative estimate of drug-likeness (QED) is 0.894. The van der Waals surface area contributed by atoms with E-state index in [1.807, 2.05) is 18.2 Å². The van der Waals surface area contributed by atoms with Gasteiger partial charge < -0.3 is 4.98 Å².